The number of benzene rings is 2. The molecule has 0 fully saturated rings. The molecule has 0 saturated heterocycles. The Morgan fingerprint density at radius 3 is 2.09 bits per heavy atom. The third-order valence-corrected chi connectivity index (χ3v) is 7.15. The number of hydrogen-bond donors (Lipinski definition) is 1. The van der Waals surface area contributed by atoms with Gasteiger partial charge >= 0.3 is 0 Å². The quantitative estimate of drug-likeness (QED) is 0.469. The summed E-state index contributed by atoms with van der Waals surface area (Å²) in [5.74, 6) is -0.502. The van der Waals surface area contributed by atoms with Crippen molar-refractivity contribution in [2.24, 2.45) is 0 Å². The fourth-order valence-electron chi connectivity index (χ4n) is 3.75. The molecule has 0 radical (unpaired) electrons. The van der Waals surface area contributed by atoms with Gasteiger partial charge in [-0.25, -0.2) is 8.42 Å². The second kappa shape index (κ2) is 12.4. The number of rotatable bonds is 11. The van der Waals surface area contributed by atoms with E-state index in [1.54, 1.807) is 36.4 Å². The van der Waals surface area contributed by atoms with Gasteiger partial charge in [0.2, 0.25) is 21.8 Å². The fourth-order valence-corrected chi connectivity index (χ4v) is 4.79. The molecular formula is C26H36ClN3O4S. The minimum atomic E-state index is -3.77. The van der Waals surface area contributed by atoms with Crippen LogP contribution in [0, 0.1) is 0 Å². The number of anilines is 1. The number of carbonyl (C=O) groups is 2. The minimum absolute atomic E-state index is 0.0758. The van der Waals surface area contributed by atoms with Gasteiger partial charge in [0, 0.05) is 17.6 Å². The van der Waals surface area contributed by atoms with Crippen molar-refractivity contribution in [3.05, 3.63) is 64.7 Å². The first-order chi connectivity index (χ1) is 16.3. The Morgan fingerprint density at radius 2 is 1.60 bits per heavy atom. The van der Waals surface area contributed by atoms with E-state index >= 15 is 0 Å². The average molecular weight is 522 g/mol. The van der Waals surface area contributed by atoms with Gasteiger partial charge < -0.3 is 10.2 Å². The first kappa shape index (κ1) is 28.7. The predicted octanol–water partition coefficient (Wildman–Crippen LogP) is 4.56. The molecule has 0 spiro atoms. The molecule has 2 rings (SSSR count). The Bertz CT molecular complexity index is 1120. The second-order valence-corrected chi connectivity index (χ2v) is 11.5. The molecule has 1 N–H and O–H groups in total. The maximum absolute atomic E-state index is 13.7. The summed E-state index contributed by atoms with van der Waals surface area (Å²) in [6.07, 6.45) is 1.43. The first-order valence-corrected chi connectivity index (χ1v) is 14.0. The van der Waals surface area contributed by atoms with E-state index in [1.165, 1.54) is 4.90 Å². The Labute approximate surface area is 214 Å². The van der Waals surface area contributed by atoms with E-state index in [2.05, 4.69) is 5.32 Å². The van der Waals surface area contributed by atoms with Gasteiger partial charge in [-0.2, -0.15) is 0 Å². The molecule has 0 bridgehead atoms. The zero-order valence-electron chi connectivity index (χ0n) is 21.3. The second-order valence-electron chi connectivity index (χ2n) is 9.22. The van der Waals surface area contributed by atoms with Crippen LogP contribution >= 0.6 is 11.6 Å². The molecule has 7 nitrogen and oxygen atoms in total. The summed E-state index contributed by atoms with van der Waals surface area (Å²) < 4.78 is 26.5. The van der Waals surface area contributed by atoms with Crippen molar-refractivity contribution in [1.82, 2.24) is 10.2 Å². The smallest absolute Gasteiger partial charge is 0.244 e. The Balaban J connectivity index is 2.45. The molecule has 0 saturated carbocycles. The van der Waals surface area contributed by atoms with Crippen molar-refractivity contribution < 1.29 is 18.0 Å². The molecule has 0 heterocycles. The molecule has 35 heavy (non-hydrogen) atoms. The van der Waals surface area contributed by atoms with E-state index in [4.69, 9.17) is 11.6 Å². The topological polar surface area (TPSA) is 86.8 Å². The van der Waals surface area contributed by atoms with Crippen LogP contribution in [0.5, 0.6) is 0 Å². The Kier molecular flexibility index (Phi) is 10.2. The molecule has 2 aromatic carbocycles. The van der Waals surface area contributed by atoms with Gasteiger partial charge in [-0.1, -0.05) is 62.7 Å². The van der Waals surface area contributed by atoms with Crippen LogP contribution in [0.3, 0.4) is 0 Å². The summed E-state index contributed by atoms with van der Waals surface area (Å²) in [4.78, 5) is 28.1. The van der Waals surface area contributed by atoms with Gasteiger partial charge in [-0.05, 0) is 55.5 Å². The van der Waals surface area contributed by atoms with E-state index in [9.17, 15) is 18.0 Å². The summed E-state index contributed by atoms with van der Waals surface area (Å²) in [5, 5.41) is 3.33. The molecule has 0 aliphatic heterocycles. The van der Waals surface area contributed by atoms with Crippen LogP contribution < -0.4 is 9.62 Å². The lowest BCUT2D eigenvalue weighted by molar-refractivity contribution is -0.140. The summed E-state index contributed by atoms with van der Waals surface area (Å²) in [5.41, 5.74) is 2.12. The molecule has 1 unspecified atom stereocenters. The average Bonchev–Trinajstić information content (AvgIpc) is 2.77. The highest BCUT2D eigenvalue weighted by Gasteiger charge is 2.32. The lowest BCUT2D eigenvalue weighted by atomic mass is 10.0. The molecule has 1 atom stereocenters. The van der Waals surface area contributed by atoms with E-state index < -0.39 is 28.5 Å². The lowest BCUT2D eigenvalue weighted by Crippen LogP contribution is -2.53. The van der Waals surface area contributed by atoms with Gasteiger partial charge in [0.1, 0.15) is 12.6 Å². The number of nitrogens with zero attached hydrogens (tertiary/aromatic N) is 2. The van der Waals surface area contributed by atoms with E-state index in [0.29, 0.717) is 22.7 Å². The van der Waals surface area contributed by atoms with Crippen molar-refractivity contribution in [2.45, 2.75) is 65.6 Å². The van der Waals surface area contributed by atoms with Gasteiger partial charge in [-0.3, -0.25) is 13.9 Å². The first-order valence-electron chi connectivity index (χ1n) is 11.8. The maximum atomic E-state index is 13.7. The summed E-state index contributed by atoms with van der Waals surface area (Å²) in [6, 6.07) is 13.3. The highest BCUT2D eigenvalue weighted by molar-refractivity contribution is 7.92. The number of halogens is 1. The van der Waals surface area contributed by atoms with Crippen LogP contribution in [0.15, 0.2) is 48.5 Å². The third-order valence-electron chi connectivity index (χ3n) is 5.64. The summed E-state index contributed by atoms with van der Waals surface area (Å²) in [6.45, 7) is 9.24. The van der Waals surface area contributed by atoms with Crippen molar-refractivity contribution in [2.75, 3.05) is 17.1 Å². The molecule has 0 aliphatic carbocycles. The van der Waals surface area contributed by atoms with Crippen LogP contribution in [0.1, 0.15) is 58.1 Å². The number of amides is 2. The maximum Gasteiger partial charge on any atom is 0.244 e. The number of sulfonamides is 1. The number of hydrogen-bond acceptors (Lipinski definition) is 4. The molecule has 192 valence electrons. The van der Waals surface area contributed by atoms with E-state index in [1.807, 2.05) is 46.8 Å². The van der Waals surface area contributed by atoms with Crippen LogP contribution in [-0.4, -0.2) is 50.0 Å². The Hall–Kier alpha value is -2.58. The van der Waals surface area contributed by atoms with Crippen LogP contribution in [0.4, 0.5) is 5.69 Å². The molecule has 0 aromatic heterocycles. The molecule has 2 amide bonds. The molecule has 0 aliphatic rings. The summed E-state index contributed by atoms with van der Waals surface area (Å²) >= 11 is 6.35. The highest BCUT2D eigenvalue weighted by atomic mass is 35.5. The standard InChI is InChI=1S/C26H36ClN3O4S/c1-7-24(26(32)28-19(4)5)29(16-21-10-8-9-11-23(21)27)25(31)17-30(35(6,33)34)22-14-12-20(13-15-22)18(2)3/h8-15,18-19,24H,7,16-17H2,1-6H3,(H,28,32). The lowest BCUT2D eigenvalue weighted by Gasteiger charge is -2.33. The zero-order chi connectivity index (χ0) is 26.3. The highest BCUT2D eigenvalue weighted by Crippen LogP contribution is 2.24. The van der Waals surface area contributed by atoms with Gasteiger partial charge in [0.15, 0.2) is 0 Å². The van der Waals surface area contributed by atoms with Crippen molar-refractivity contribution in [3.63, 3.8) is 0 Å². The van der Waals surface area contributed by atoms with Crippen LogP contribution in [-0.2, 0) is 26.2 Å². The van der Waals surface area contributed by atoms with Crippen molar-refractivity contribution in [3.8, 4) is 0 Å². The van der Waals surface area contributed by atoms with Crippen LogP contribution in [0.2, 0.25) is 5.02 Å². The largest absolute Gasteiger partial charge is 0.352 e. The molecular weight excluding hydrogens is 486 g/mol. The Morgan fingerprint density at radius 1 is 1.00 bits per heavy atom. The molecule has 9 heteroatoms. The molecule has 2 aromatic rings. The zero-order valence-corrected chi connectivity index (χ0v) is 22.9. The minimum Gasteiger partial charge on any atom is -0.352 e. The van der Waals surface area contributed by atoms with Gasteiger partial charge in [0.25, 0.3) is 0 Å². The summed E-state index contributed by atoms with van der Waals surface area (Å²) in [7, 11) is -3.77. The van der Waals surface area contributed by atoms with Crippen molar-refractivity contribution >= 4 is 39.1 Å². The van der Waals surface area contributed by atoms with E-state index in [-0.39, 0.29) is 24.4 Å². The third kappa shape index (κ3) is 7.97. The van der Waals surface area contributed by atoms with Crippen LogP contribution in [0.25, 0.3) is 0 Å². The van der Waals surface area contributed by atoms with Crippen molar-refractivity contribution in [1.29, 1.82) is 0 Å². The van der Waals surface area contributed by atoms with Gasteiger partial charge in [-0.15, -0.1) is 0 Å². The predicted molar refractivity (Wildman–Crippen MR) is 142 cm³/mol. The van der Waals surface area contributed by atoms with Gasteiger partial charge in [0.05, 0.1) is 11.9 Å². The SMILES string of the molecule is CCC(C(=O)NC(C)C)N(Cc1ccccc1Cl)C(=O)CN(c1ccc(C(C)C)cc1)S(C)(=O)=O. The number of carbonyl (C=O) groups excluding carboxylic acids is 2. The van der Waals surface area contributed by atoms with E-state index in [0.717, 1.165) is 16.1 Å². The normalized spacial score (nSPS) is 12.5. The monoisotopic (exact) mass is 521 g/mol. The fraction of sp³-hybridized carbons (Fsp3) is 0.462. The number of nitrogens with one attached hydrogen (secondary N) is 1.